The van der Waals surface area contributed by atoms with Crippen molar-refractivity contribution in [1.29, 1.82) is 0 Å². The van der Waals surface area contributed by atoms with Gasteiger partial charge in [0.2, 0.25) is 21.8 Å². The molecule has 1 aromatic carbocycles. The summed E-state index contributed by atoms with van der Waals surface area (Å²) in [6, 6.07) is 5.39. The molecule has 1 aliphatic carbocycles. The van der Waals surface area contributed by atoms with Crippen LogP contribution in [0.5, 0.6) is 0 Å². The number of aryl methyl sites for hydroxylation is 2. The van der Waals surface area contributed by atoms with Crippen molar-refractivity contribution in [3.63, 3.8) is 0 Å². The molecule has 7 nitrogen and oxygen atoms in total. The lowest BCUT2D eigenvalue weighted by Crippen LogP contribution is -2.52. The second-order valence-corrected chi connectivity index (χ2v) is 9.50. The Bertz CT molecular complexity index is 845. The zero-order valence-electron chi connectivity index (χ0n) is 16.1. The second kappa shape index (κ2) is 7.59. The Kier molecular flexibility index (Phi) is 5.58. The first-order valence-corrected chi connectivity index (χ1v) is 10.8. The van der Waals surface area contributed by atoms with Gasteiger partial charge in [-0.15, -0.1) is 0 Å². The number of nitrogens with one attached hydrogen (secondary N) is 1. The van der Waals surface area contributed by atoms with Crippen molar-refractivity contribution in [3.8, 4) is 0 Å². The molecule has 27 heavy (non-hydrogen) atoms. The molecule has 1 saturated carbocycles. The van der Waals surface area contributed by atoms with Gasteiger partial charge in [0.25, 0.3) is 0 Å². The molecule has 2 atom stereocenters. The van der Waals surface area contributed by atoms with E-state index >= 15 is 0 Å². The number of rotatable bonds is 5. The first kappa shape index (κ1) is 19.8. The van der Waals surface area contributed by atoms with Crippen molar-refractivity contribution in [2.24, 2.45) is 11.8 Å². The van der Waals surface area contributed by atoms with Gasteiger partial charge in [-0.2, -0.15) is 4.31 Å². The highest BCUT2D eigenvalue weighted by molar-refractivity contribution is 7.89. The van der Waals surface area contributed by atoms with Crippen molar-refractivity contribution in [1.82, 2.24) is 14.5 Å². The molecule has 148 valence electrons. The van der Waals surface area contributed by atoms with Gasteiger partial charge in [0.1, 0.15) is 0 Å². The molecule has 2 amide bonds. The molecule has 2 aliphatic rings. The van der Waals surface area contributed by atoms with Crippen LogP contribution in [0.4, 0.5) is 0 Å². The van der Waals surface area contributed by atoms with Crippen molar-refractivity contribution in [2.75, 3.05) is 32.7 Å². The highest BCUT2D eigenvalue weighted by Gasteiger charge is 2.39. The van der Waals surface area contributed by atoms with Gasteiger partial charge in [0.05, 0.1) is 11.4 Å². The number of carbonyl (C=O) groups is 2. The predicted molar refractivity (Wildman–Crippen MR) is 102 cm³/mol. The Labute approximate surface area is 160 Å². The van der Waals surface area contributed by atoms with E-state index in [-0.39, 0.29) is 37.4 Å². The molecule has 2 fully saturated rings. The van der Waals surface area contributed by atoms with E-state index < -0.39 is 10.0 Å². The third-order valence-electron chi connectivity index (χ3n) is 5.41. The highest BCUT2D eigenvalue weighted by atomic mass is 32.2. The van der Waals surface area contributed by atoms with Crippen LogP contribution in [0.1, 0.15) is 24.5 Å². The van der Waals surface area contributed by atoms with Crippen LogP contribution in [0, 0.1) is 25.7 Å². The number of sulfonamides is 1. The van der Waals surface area contributed by atoms with Crippen molar-refractivity contribution in [3.05, 3.63) is 29.3 Å². The average molecular weight is 394 g/mol. The second-order valence-electron chi connectivity index (χ2n) is 7.59. The minimum atomic E-state index is -3.57. The fourth-order valence-electron chi connectivity index (χ4n) is 3.40. The number of amides is 2. The van der Waals surface area contributed by atoms with Gasteiger partial charge in [-0.3, -0.25) is 9.59 Å². The maximum Gasteiger partial charge on any atom is 0.243 e. The maximum atomic E-state index is 12.9. The van der Waals surface area contributed by atoms with E-state index in [2.05, 4.69) is 5.32 Å². The van der Waals surface area contributed by atoms with E-state index in [0.717, 1.165) is 17.5 Å². The number of benzene rings is 1. The molecule has 0 radical (unpaired) electrons. The van der Waals surface area contributed by atoms with Gasteiger partial charge in [0, 0.05) is 32.1 Å². The zero-order chi connectivity index (χ0) is 19.8. The Morgan fingerprint density at radius 1 is 1.15 bits per heavy atom. The smallest absolute Gasteiger partial charge is 0.243 e. The maximum absolute atomic E-state index is 12.9. The van der Waals surface area contributed by atoms with Gasteiger partial charge in [0.15, 0.2) is 0 Å². The molecule has 1 N–H and O–H groups in total. The van der Waals surface area contributed by atoms with Crippen LogP contribution < -0.4 is 5.32 Å². The van der Waals surface area contributed by atoms with Gasteiger partial charge in [-0.05, 0) is 43.4 Å². The van der Waals surface area contributed by atoms with E-state index in [1.54, 1.807) is 17.9 Å². The minimum Gasteiger partial charge on any atom is -0.347 e. The van der Waals surface area contributed by atoms with Crippen LogP contribution in [0.2, 0.25) is 0 Å². The van der Waals surface area contributed by atoms with E-state index in [9.17, 15) is 18.0 Å². The number of hydrogen-bond acceptors (Lipinski definition) is 4. The molecule has 0 unspecified atom stereocenters. The minimum absolute atomic E-state index is 0.0220. The van der Waals surface area contributed by atoms with E-state index in [1.165, 1.54) is 4.31 Å². The first-order chi connectivity index (χ1) is 12.7. The summed E-state index contributed by atoms with van der Waals surface area (Å²) in [6.07, 6.45) is 0.884. The third-order valence-corrected chi connectivity index (χ3v) is 7.45. The summed E-state index contributed by atoms with van der Waals surface area (Å²) < 4.78 is 27.3. The van der Waals surface area contributed by atoms with Crippen LogP contribution in [-0.4, -0.2) is 62.2 Å². The molecule has 0 bridgehead atoms. The van der Waals surface area contributed by atoms with Crippen LogP contribution in [-0.2, 0) is 19.6 Å². The molecule has 0 aromatic heterocycles. The molecule has 8 heteroatoms. The molecule has 3 rings (SSSR count). The summed E-state index contributed by atoms with van der Waals surface area (Å²) >= 11 is 0. The summed E-state index contributed by atoms with van der Waals surface area (Å²) in [7, 11) is -3.57. The largest absolute Gasteiger partial charge is 0.347 e. The quantitative estimate of drug-likeness (QED) is 0.806. The van der Waals surface area contributed by atoms with Gasteiger partial charge in [-0.1, -0.05) is 19.1 Å². The molecule has 1 saturated heterocycles. The fraction of sp³-hybridized carbons (Fsp3) is 0.579. The summed E-state index contributed by atoms with van der Waals surface area (Å²) in [5.74, 6) is 0.212. The number of hydrogen-bond donors (Lipinski definition) is 1. The van der Waals surface area contributed by atoms with Crippen molar-refractivity contribution < 1.29 is 18.0 Å². The van der Waals surface area contributed by atoms with Crippen molar-refractivity contribution in [2.45, 2.75) is 32.1 Å². The van der Waals surface area contributed by atoms with Crippen LogP contribution >= 0.6 is 0 Å². The molecule has 0 spiro atoms. The van der Waals surface area contributed by atoms with E-state index in [0.29, 0.717) is 23.9 Å². The standard InChI is InChI=1S/C19H27N3O4S/c1-13-4-5-14(2)17(10-13)27(25,26)22-8-6-21(7-9-22)18(23)12-20-19(24)16-11-15(16)3/h4-5,10,15-16H,6-9,11-12H2,1-3H3,(H,20,24)/t15-,16+/m0/s1. The summed E-state index contributed by atoms with van der Waals surface area (Å²) in [4.78, 5) is 26.1. The lowest BCUT2D eigenvalue weighted by molar-refractivity contribution is -0.134. The molecular formula is C19H27N3O4S. The van der Waals surface area contributed by atoms with Gasteiger partial charge >= 0.3 is 0 Å². The Morgan fingerprint density at radius 3 is 2.37 bits per heavy atom. The van der Waals surface area contributed by atoms with Gasteiger partial charge in [-0.25, -0.2) is 8.42 Å². The van der Waals surface area contributed by atoms with Crippen LogP contribution in [0.3, 0.4) is 0 Å². The lowest BCUT2D eigenvalue weighted by Gasteiger charge is -2.34. The molecule has 1 aliphatic heterocycles. The summed E-state index contributed by atoms with van der Waals surface area (Å²) in [5.41, 5.74) is 1.62. The monoisotopic (exact) mass is 393 g/mol. The van der Waals surface area contributed by atoms with Crippen LogP contribution in [0.15, 0.2) is 23.1 Å². The SMILES string of the molecule is Cc1ccc(C)c(S(=O)(=O)N2CCN(C(=O)CNC(=O)[C@@H]3C[C@@H]3C)CC2)c1. The normalized spacial score (nSPS) is 23.1. The number of nitrogens with zero attached hydrogens (tertiary/aromatic N) is 2. The predicted octanol–water partition coefficient (Wildman–Crippen LogP) is 0.909. The van der Waals surface area contributed by atoms with Gasteiger partial charge < -0.3 is 10.2 Å². The first-order valence-electron chi connectivity index (χ1n) is 9.33. The highest BCUT2D eigenvalue weighted by Crippen LogP contribution is 2.37. The Morgan fingerprint density at radius 2 is 1.78 bits per heavy atom. The Hall–Kier alpha value is -1.93. The lowest BCUT2D eigenvalue weighted by atomic mass is 10.2. The van der Waals surface area contributed by atoms with E-state index in [1.807, 2.05) is 26.0 Å². The summed E-state index contributed by atoms with van der Waals surface area (Å²) in [5, 5.41) is 2.69. The zero-order valence-corrected chi connectivity index (χ0v) is 16.9. The van der Waals surface area contributed by atoms with Crippen molar-refractivity contribution >= 4 is 21.8 Å². The third kappa shape index (κ3) is 4.32. The number of piperazine rings is 1. The number of carbonyl (C=O) groups excluding carboxylic acids is 2. The molecule has 1 heterocycles. The fourth-order valence-corrected chi connectivity index (χ4v) is 5.13. The molecule has 1 aromatic rings. The summed E-state index contributed by atoms with van der Waals surface area (Å²) in [6.45, 7) is 6.83. The van der Waals surface area contributed by atoms with Crippen LogP contribution in [0.25, 0.3) is 0 Å². The topological polar surface area (TPSA) is 86.8 Å². The van der Waals surface area contributed by atoms with E-state index in [4.69, 9.17) is 0 Å². The average Bonchev–Trinajstić information content (AvgIpc) is 3.38. The Balaban J connectivity index is 1.55. The molecular weight excluding hydrogens is 366 g/mol.